The molecule has 7 heteroatoms. The van der Waals surface area contributed by atoms with Gasteiger partial charge in [0.2, 0.25) is 5.13 Å². The first kappa shape index (κ1) is 16.4. The number of aromatic nitrogens is 4. The standard InChI is InChI=1S/C19H25N5OS/c25-17-10-16(14-4-5-14)20-12-24(17)11-13-6-8-23(9-7-13)19-21-18(22-26-19)15-2-1-3-15/h10,12-15H,1-9,11H2. The molecular weight excluding hydrogens is 346 g/mol. The third kappa shape index (κ3) is 3.29. The first-order chi connectivity index (χ1) is 12.8. The van der Waals surface area contributed by atoms with E-state index in [2.05, 4.69) is 14.3 Å². The molecule has 6 nitrogen and oxygen atoms in total. The molecule has 0 spiro atoms. The topological polar surface area (TPSA) is 63.9 Å². The zero-order valence-electron chi connectivity index (χ0n) is 15.0. The maximum absolute atomic E-state index is 12.3. The van der Waals surface area contributed by atoms with Gasteiger partial charge in [-0.3, -0.25) is 9.36 Å². The maximum atomic E-state index is 12.3. The van der Waals surface area contributed by atoms with Crippen LogP contribution in [0.2, 0.25) is 0 Å². The van der Waals surface area contributed by atoms with Gasteiger partial charge >= 0.3 is 0 Å². The van der Waals surface area contributed by atoms with Gasteiger partial charge in [0, 0.05) is 49.1 Å². The van der Waals surface area contributed by atoms with Crippen molar-refractivity contribution < 1.29 is 0 Å². The number of nitrogens with zero attached hydrogens (tertiary/aromatic N) is 5. The molecule has 2 aromatic rings. The lowest BCUT2D eigenvalue weighted by Gasteiger charge is -2.31. The van der Waals surface area contributed by atoms with Crippen molar-refractivity contribution in [2.24, 2.45) is 5.92 Å². The van der Waals surface area contributed by atoms with Gasteiger partial charge in [-0.05, 0) is 44.4 Å². The van der Waals surface area contributed by atoms with Crippen LogP contribution in [-0.4, -0.2) is 32.0 Å². The fraction of sp³-hybridized carbons (Fsp3) is 0.684. The van der Waals surface area contributed by atoms with Crippen molar-refractivity contribution >= 4 is 16.7 Å². The number of hydrogen-bond acceptors (Lipinski definition) is 6. The van der Waals surface area contributed by atoms with E-state index in [1.165, 1.54) is 32.1 Å². The third-order valence-corrected chi connectivity index (χ3v) is 6.93. The molecule has 0 radical (unpaired) electrons. The highest BCUT2D eigenvalue weighted by molar-refractivity contribution is 7.09. The average Bonchev–Trinajstić information content (AvgIpc) is 3.35. The Morgan fingerprint density at radius 1 is 1.08 bits per heavy atom. The molecule has 2 saturated carbocycles. The number of piperidine rings is 1. The molecule has 1 aliphatic heterocycles. The Hall–Kier alpha value is -1.76. The van der Waals surface area contributed by atoms with Crippen LogP contribution in [0.1, 0.15) is 68.3 Å². The van der Waals surface area contributed by atoms with Crippen molar-refractivity contribution in [1.82, 2.24) is 18.9 Å². The molecule has 0 aromatic carbocycles. The van der Waals surface area contributed by atoms with Crippen molar-refractivity contribution in [2.75, 3.05) is 18.0 Å². The number of hydrogen-bond donors (Lipinski definition) is 0. The smallest absolute Gasteiger partial charge is 0.253 e. The Bertz CT molecular complexity index is 830. The molecule has 3 fully saturated rings. The van der Waals surface area contributed by atoms with Gasteiger partial charge in [-0.15, -0.1) is 0 Å². The van der Waals surface area contributed by atoms with E-state index in [-0.39, 0.29) is 5.56 Å². The van der Waals surface area contributed by atoms with E-state index in [1.54, 1.807) is 28.5 Å². The maximum Gasteiger partial charge on any atom is 0.253 e. The van der Waals surface area contributed by atoms with Gasteiger partial charge in [-0.25, -0.2) is 9.97 Å². The summed E-state index contributed by atoms with van der Waals surface area (Å²) >= 11 is 1.55. The zero-order chi connectivity index (χ0) is 17.5. The van der Waals surface area contributed by atoms with E-state index in [1.807, 2.05) is 0 Å². The van der Waals surface area contributed by atoms with Crippen molar-refractivity contribution in [3.05, 3.63) is 34.3 Å². The van der Waals surface area contributed by atoms with Crippen LogP contribution in [0.5, 0.6) is 0 Å². The summed E-state index contributed by atoms with van der Waals surface area (Å²) in [6.45, 7) is 2.80. The van der Waals surface area contributed by atoms with Gasteiger partial charge in [0.1, 0.15) is 5.82 Å². The van der Waals surface area contributed by atoms with E-state index in [0.29, 0.717) is 17.8 Å². The first-order valence-corrected chi connectivity index (χ1v) is 10.7. The molecule has 0 atom stereocenters. The van der Waals surface area contributed by atoms with Crippen molar-refractivity contribution in [2.45, 2.75) is 63.3 Å². The van der Waals surface area contributed by atoms with Crippen LogP contribution in [0.15, 0.2) is 17.2 Å². The summed E-state index contributed by atoms with van der Waals surface area (Å²) in [6, 6.07) is 1.75. The van der Waals surface area contributed by atoms with E-state index in [0.717, 1.165) is 49.1 Å². The lowest BCUT2D eigenvalue weighted by Crippen LogP contribution is -2.36. The fourth-order valence-corrected chi connectivity index (χ4v) is 4.75. The summed E-state index contributed by atoms with van der Waals surface area (Å²) in [4.78, 5) is 24.0. The van der Waals surface area contributed by atoms with Crippen LogP contribution in [-0.2, 0) is 6.54 Å². The van der Waals surface area contributed by atoms with Crippen molar-refractivity contribution in [1.29, 1.82) is 0 Å². The van der Waals surface area contributed by atoms with Crippen LogP contribution in [0.3, 0.4) is 0 Å². The van der Waals surface area contributed by atoms with Crippen LogP contribution in [0.25, 0.3) is 0 Å². The van der Waals surface area contributed by atoms with Gasteiger partial charge in [-0.1, -0.05) is 6.42 Å². The predicted molar refractivity (Wildman–Crippen MR) is 102 cm³/mol. The molecule has 2 aromatic heterocycles. The van der Waals surface area contributed by atoms with Crippen molar-refractivity contribution in [3.63, 3.8) is 0 Å². The minimum atomic E-state index is 0.110. The quantitative estimate of drug-likeness (QED) is 0.808. The van der Waals surface area contributed by atoms with Gasteiger partial charge < -0.3 is 4.90 Å². The van der Waals surface area contributed by atoms with Gasteiger partial charge in [0.25, 0.3) is 5.56 Å². The zero-order valence-corrected chi connectivity index (χ0v) is 15.8. The van der Waals surface area contributed by atoms with Crippen molar-refractivity contribution in [3.8, 4) is 0 Å². The third-order valence-electron chi connectivity index (χ3n) is 6.14. The second kappa shape index (κ2) is 6.76. The molecule has 0 unspecified atom stereocenters. The van der Waals surface area contributed by atoms with Crippen LogP contribution >= 0.6 is 11.5 Å². The summed E-state index contributed by atoms with van der Waals surface area (Å²) < 4.78 is 6.37. The normalized spacial score (nSPS) is 21.8. The van der Waals surface area contributed by atoms with Crippen LogP contribution < -0.4 is 10.5 Å². The number of anilines is 1. The highest BCUT2D eigenvalue weighted by Crippen LogP contribution is 2.38. The largest absolute Gasteiger partial charge is 0.347 e. The lowest BCUT2D eigenvalue weighted by atomic mass is 9.85. The van der Waals surface area contributed by atoms with E-state index >= 15 is 0 Å². The van der Waals surface area contributed by atoms with E-state index < -0.39 is 0 Å². The predicted octanol–water partition coefficient (Wildman–Crippen LogP) is 3.16. The molecule has 5 rings (SSSR count). The average molecular weight is 372 g/mol. The summed E-state index contributed by atoms with van der Waals surface area (Å²) in [6.07, 6.45) is 10.1. The Morgan fingerprint density at radius 3 is 2.54 bits per heavy atom. The molecule has 138 valence electrons. The highest BCUT2D eigenvalue weighted by atomic mass is 32.1. The molecule has 3 aliphatic rings. The fourth-order valence-electron chi connectivity index (χ4n) is 3.95. The molecule has 0 N–H and O–H groups in total. The molecular formula is C19H25N5OS. The second-order valence-electron chi connectivity index (χ2n) is 8.07. The van der Waals surface area contributed by atoms with E-state index in [9.17, 15) is 4.79 Å². The summed E-state index contributed by atoms with van der Waals surface area (Å²) in [5, 5.41) is 1.08. The summed E-state index contributed by atoms with van der Waals surface area (Å²) in [5.41, 5.74) is 1.10. The molecule has 26 heavy (non-hydrogen) atoms. The molecule has 2 aliphatic carbocycles. The molecule has 0 bridgehead atoms. The minimum absolute atomic E-state index is 0.110. The van der Waals surface area contributed by atoms with E-state index in [4.69, 9.17) is 4.98 Å². The highest BCUT2D eigenvalue weighted by Gasteiger charge is 2.28. The Balaban J connectivity index is 1.18. The van der Waals surface area contributed by atoms with Gasteiger partial charge in [0.05, 0.1) is 12.0 Å². The van der Waals surface area contributed by atoms with Gasteiger partial charge in [-0.2, -0.15) is 4.37 Å². The molecule has 0 amide bonds. The molecule has 3 heterocycles. The SMILES string of the molecule is O=c1cc(C2CC2)ncn1CC1CCN(c2nc(C3CCC3)ns2)CC1. The van der Waals surface area contributed by atoms with Crippen LogP contribution in [0, 0.1) is 5.92 Å². The second-order valence-corrected chi connectivity index (χ2v) is 8.80. The Kier molecular flexibility index (Phi) is 4.27. The first-order valence-electron chi connectivity index (χ1n) is 9.91. The molecule has 1 saturated heterocycles. The minimum Gasteiger partial charge on any atom is -0.347 e. The lowest BCUT2D eigenvalue weighted by molar-refractivity contribution is 0.350. The van der Waals surface area contributed by atoms with Gasteiger partial charge in [0.15, 0.2) is 0 Å². The van der Waals surface area contributed by atoms with Crippen LogP contribution in [0.4, 0.5) is 5.13 Å². The summed E-state index contributed by atoms with van der Waals surface area (Å²) in [7, 11) is 0. The Labute approximate surface area is 157 Å². The number of rotatable bonds is 5. The Morgan fingerprint density at radius 2 is 1.88 bits per heavy atom. The monoisotopic (exact) mass is 371 g/mol. The summed E-state index contributed by atoms with van der Waals surface area (Å²) in [5.74, 6) is 2.75.